The molecular formula is C23H28N2O2. The van der Waals surface area contributed by atoms with Gasteiger partial charge in [0.1, 0.15) is 6.42 Å². The first kappa shape index (κ1) is 19.2. The SMILES string of the molecule is CN(Cc1ccccc1)C(=O)CC(=O)N1CCC(Cc2ccccc2)CC1. The number of nitrogens with zero attached hydrogens (tertiary/aromatic N) is 2. The smallest absolute Gasteiger partial charge is 0.232 e. The summed E-state index contributed by atoms with van der Waals surface area (Å²) in [5.74, 6) is 0.459. The molecule has 2 aromatic carbocycles. The molecule has 0 atom stereocenters. The van der Waals surface area contributed by atoms with Crippen LogP contribution in [0, 0.1) is 5.92 Å². The second-order valence-electron chi connectivity index (χ2n) is 7.43. The van der Waals surface area contributed by atoms with Crippen molar-refractivity contribution >= 4 is 11.8 Å². The van der Waals surface area contributed by atoms with E-state index in [0.717, 1.165) is 37.9 Å². The number of hydrogen-bond donors (Lipinski definition) is 0. The second kappa shape index (κ2) is 9.36. The fourth-order valence-corrected chi connectivity index (χ4v) is 3.66. The van der Waals surface area contributed by atoms with Crippen LogP contribution < -0.4 is 0 Å². The maximum absolute atomic E-state index is 12.5. The fraction of sp³-hybridized carbons (Fsp3) is 0.391. The van der Waals surface area contributed by atoms with Crippen molar-refractivity contribution in [1.29, 1.82) is 0 Å². The molecule has 2 amide bonds. The summed E-state index contributed by atoms with van der Waals surface area (Å²) in [5, 5.41) is 0. The first-order chi connectivity index (χ1) is 13.1. The Morgan fingerprint density at radius 1 is 0.926 bits per heavy atom. The lowest BCUT2D eigenvalue weighted by Gasteiger charge is -2.32. The predicted octanol–water partition coefficient (Wildman–Crippen LogP) is 3.52. The molecule has 0 aromatic heterocycles. The highest BCUT2D eigenvalue weighted by molar-refractivity contribution is 5.96. The van der Waals surface area contributed by atoms with E-state index in [1.807, 2.05) is 41.3 Å². The Labute approximate surface area is 161 Å². The Hall–Kier alpha value is -2.62. The molecule has 0 spiro atoms. The standard InChI is InChI=1S/C23H28N2O2/c1-24(18-21-10-6-3-7-11-21)22(26)17-23(27)25-14-12-20(13-15-25)16-19-8-4-2-5-9-19/h2-11,20H,12-18H2,1H3. The van der Waals surface area contributed by atoms with Crippen LogP contribution in [0.3, 0.4) is 0 Å². The summed E-state index contributed by atoms with van der Waals surface area (Å²) in [4.78, 5) is 28.4. The molecule has 0 bridgehead atoms. The van der Waals surface area contributed by atoms with Crippen molar-refractivity contribution in [1.82, 2.24) is 9.80 Å². The van der Waals surface area contributed by atoms with Crippen LogP contribution in [0.25, 0.3) is 0 Å². The minimum absolute atomic E-state index is 0.0350. The highest BCUT2D eigenvalue weighted by Crippen LogP contribution is 2.22. The van der Waals surface area contributed by atoms with Gasteiger partial charge in [0.15, 0.2) is 0 Å². The van der Waals surface area contributed by atoms with Crippen molar-refractivity contribution in [2.24, 2.45) is 5.92 Å². The number of rotatable bonds is 6. The van der Waals surface area contributed by atoms with Crippen LogP contribution in [0.15, 0.2) is 60.7 Å². The minimum Gasteiger partial charge on any atom is -0.342 e. The van der Waals surface area contributed by atoms with E-state index in [4.69, 9.17) is 0 Å². The van der Waals surface area contributed by atoms with Gasteiger partial charge in [-0.05, 0) is 36.3 Å². The molecule has 1 aliphatic heterocycles. The van der Waals surface area contributed by atoms with Crippen LogP contribution in [0.5, 0.6) is 0 Å². The van der Waals surface area contributed by atoms with Crippen molar-refractivity contribution in [3.8, 4) is 0 Å². The highest BCUT2D eigenvalue weighted by atomic mass is 16.2. The van der Waals surface area contributed by atoms with Gasteiger partial charge in [-0.2, -0.15) is 0 Å². The minimum atomic E-state index is -0.115. The van der Waals surface area contributed by atoms with E-state index in [-0.39, 0.29) is 18.2 Å². The lowest BCUT2D eigenvalue weighted by Crippen LogP contribution is -2.41. The zero-order chi connectivity index (χ0) is 19.1. The van der Waals surface area contributed by atoms with E-state index in [1.54, 1.807) is 11.9 Å². The van der Waals surface area contributed by atoms with Gasteiger partial charge < -0.3 is 9.80 Å². The number of benzene rings is 2. The summed E-state index contributed by atoms with van der Waals surface area (Å²) in [7, 11) is 1.76. The van der Waals surface area contributed by atoms with E-state index >= 15 is 0 Å². The fourth-order valence-electron chi connectivity index (χ4n) is 3.66. The molecule has 0 saturated carbocycles. The predicted molar refractivity (Wildman–Crippen MR) is 107 cm³/mol. The molecule has 4 heteroatoms. The van der Waals surface area contributed by atoms with Gasteiger partial charge in [-0.25, -0.2) is 0 Å². The van der Waals surface area contributed by atoms with Gasteiger partial charge in [-0.15, -0.1) is 0 Å². The number of carbonyl (C=O) groups is 2. The van der Waals surface area contributed by atoms with Gasteiger partial charge in [0, 0.05) is 26.7 Å². The average Bonchev–Trinajstić information content (AvgIpc) is 2.70. The van der Waals surface area contributed by atoms with Gasteiger partial charge in [0.05, 0.1) is 0 Å². The Morgan fingerprint density at radius 3 is 2.07 bits per heavy atom. The highest BCUT2D eigenvalue weighted by Gasteiger charge is 2.25. The van der Waals surface area contributed by atoms with Crippen molar-refractivity contribution in [2.45, 2.75) is 32.2 Å². The lowest BCUT2D eigenvalue weighted by molar-refractivity contribution is -0.141. The summed E-state index contributed by atoms with van der Waals surface area (Å²) in [6.45, 7) is 2.05. The van der Waals surface area contributed by atoms with E-state index in [0.29, 0.717) is 12.5 Å². The third-order valence-corrected chi connectivity index (χ3v) is 5.33. The summed E-state index contributed by atoms with van der Waals surface area (Å²) >= 11 is 0. The average molecular weight is 364 g/mol. The van der Waals surface area contributed by atoms with Crippen LogP contribution in [0.4, 0.5) is 0 Å². The zero-order valence-electron chi connectivity index (χ0n) is 16.0. The quantitative estimate of drug-likeness (QED) is 0.736. The molecule has 4 nitrogen and oxygen atoms in total. The number of piperidine rings is 1. The Bertz CT molecular complexity index is 737. The van der Waals surface area contributed by atoms with Crippen molar-refractivity contribution in [2.75, 3.05) is 20.1 Å². The maximum atomic E-state index is 12.5. The topological polar surface area (TPSA) is 40.6 Å². The summed E-state index contributed by atoms with van der Waals surface area (Å²) in [6.07, 6.45) is 3.05. The van der Waals surface area contributed by atoms with Crippen molar-refractivity contribution in [3.63, 3.8) is 0 Å². The number of amides is 2. The van der Waals surface area contributed by atoms with E-state index in [1.165, 1.54) is 5.56 Å². The van der Waals surface area contributed by atoms with Crippen LogP contribution in [-0.4, -0.2) is 41.8 Å². The van der Waals surface area contributed by atoms with E-state index in [2.05, 4.69) is 24.3 Å². The summed E-state index contributed by atoms with van der Waals surface area (Å²) < 4.78 is 0. The first-order valence-corrected chi connectivity index (χ1v) is 9.71. The van der Waals surface area contributed by atoms with Crippen LogP contribution in [0.2, 0.25) is 0 Å². The van der Waals surface area contributed by atoms with Gasteiger partial charge in [-0.3, -0.25) is 9.59 Å². The lowest BCUT2D eigenvalue weighted by atomic mass is 9.90. The maximum Gasteiger partial charge on any atom is 0.232 e. The van der Waals surface area contributed by atoms with Crippen molar-refractivity contribution < 1.29 is 9.59 Å². The molecule has 3 rings (SSSR count). The van der Waals surface area contributed by atoms with E-state index in [9.17, 15) is 9.59 Å². The molecule has 0 unspecified atom stereocenters. The van der Waals surface area contributed by atoms with E-state index < -0.39 is 0 Å². The Kier molecular flexibility index (Phi) is 6.64. The third-order valence-electron chi connectivity index (χ3n) is 5.33. The van der Waals surface area contributed by atoms with Crippen LogP contribution >= 0.6 is 0 Å². The molecule has 2 aromatic rings. The molecule has 1 heterocycles. The zero-order valence-corrected chi connectivity index (χ0v) is 16.0. The van der Waals surface area contributed by atoms with Crippen LogP contribution in [-0.2, 0) is 22.6 Å². The number of likely N-dealkylation sites (tertiary alicyclic amines) is 1. The third kappa shape index (κ3) is 5.68. The second-order valence-corrected chi connectivity index (χ2v) is 7.43. The monoisotopic (exact) mass is 364 g/mol. The van der Waals surface area contributed by atoms with Gasteiger partial charge >= 0.3 is 0 Å². The van der Waals surface area contributed by atoms with Crippen LogP contribution in [0.1, 0.15) is 30.4 Å². The van der Waals surface area contributed by atoms with Gasteiger partial charge in [0.25, 0.3) is 0 Å². The summed E-state index contributed by atoms with van der Waals surface area (Å²) in [6, 6.07) is 20.4. The van der Waals surface area contributed by atoms with Gasteiger partial charge in [0.2, 0.25) is 11.8 Å². The normalized spacial score (nSPS) is 14.8. The van der Waals surface area contributed by atoms with Crippen molar-refractivity contribution in [3.05, 3.63) is 71.8 Å². The molecule has 1 fully saturated rings. The van der Waals surface area contributed by atoms with Gasteiger partial charge in [-0.1, -0.05) is 60.7 Å². The first-order valence-electron chi connectivity index (χ1n) is 9.71. The molecule has 142 valence electrons. The Morgan fingerprint density at radius 2 is 1.48 bits per heavy atom. The molecule has 1 aliphatic rings. The molecule has 0 radical (unpaired) electrons. The number of hydrogen-bond acceptors (Lipinski definition) is 2. The molecule has 0 aliphatic carbocycles. The molecule has 1 saturated heterocycles. The molecular weight excluding hydrogens is 336 g/mol. The Balaban J connectivity index is 1.43. The molecule has 0 N–H and O–H groups in total. The summed E-state index contributed by atoms with van der Waals surface area (Å²) in [5.41, 5.74) is 2.43. The number of carbonyl (C=O) groups excluding carboxylic acids is 2. The molecule has 27 heavy (non-hydrogen) atoms. The largest absolute Gasteiger partial charge is 0.342 e.